The minimum Gasteiger partial charge on any atom is -0.353 e. The SMILES string of the molecule is CCCC/C=C\CC/C=C\CCCCCC(OCCCCCCCCC)OCCCCCCCCC. The number of hydrogen-bond donors (Lipinski definition) is 0. The van der Waals surface area contributed by atoms with Gasteiger partial charge in [0.1, 0.15) is 0 Å². The van der Waals surface area contributed by atoms with Crippen LogP contribution in [0.15, 0.2) is 24.3 Å². The summed E-state index contributed by atoms with van der Waals surface area (Å²) in [4.78, 5) is 0. The normalized spacial score (nSPS) is 12.1. The van der Waals surface area contributed by atoms with Gasteiger partial charge in [-0.2, -0.15) is 0 Å². The van der Waals surface area contributed by atoms with Gasteiger partial charge in [-0.1, -0.05) is 141 Å². The molecule has 0 saturated carbocycles. The molecular formula is C34H66O2. The van der Waals surface area contributed by atoms with E-state index in [1.807, 2.05) is 0 Å². The van der Waals surface area contributed by atoms with E-state index in [1.165, 1.54) is 148 Å². The van der Waals surface area contributed by atoms with Crippen molar-refractivity contribution in [1.82, 2.24) is 0 Å². The maximum Gasteiger partial charge on any atom is 0.157 e. The fraction of sp³-hybridized carbons (Fsp3) is 0.882. The number of allylic oxidation sites excluding steroid dienone is 4. The van der Waals surface area contributed by atoms with E-state index < -0.39 is 0 Å². The lowest BCUT2D eigenvalue weighted by Gasteiger charge is -2.19. The fourth-order valence-corrected chi connectivity index (χ4v) is 4.50. The van der Waals surface area contributed by atoms with Crippen LogP contribution in [0.3, 0.4) is 0 Å². The van der Waals surface area contributed by atoms with E-state index in [4.69, 9.17) is 9.47 Å². The Labute approximate surface area is 228 Å². The van der Waals surface area contributed by atoms with Gasteiger partial charge in [0.05, 0.1) is 0 Å². The summed E-state index contributed by atoms with van der Waals surface area (Å²) in [6, 6.07) is 0. The molecule has 0 aliphatic heterocycles. The van der Waals surface area contributed by atoms with Gasteiger partial charge in [-0.15, -0.1) is 0 Å². The molecule has 0 heterocycles. The number of hydrogen-bond acceptors (Lipinski definition) is 2. The molecule has 0 saturated heterocycles. The van der Waals surface area contributed by atoms with E-state index in [2.05, 4.69) is 45.1 Å². The van der Waals surface area contributed by atoms with Crippen molar-refractivity contribution in [2.24, 2.45) is 0 Å². The quantitative estimate of drug-likeness (QED) is 0.0547. The second kappa shape index (κ2) is 32.4. The monoisotopic (exact) mass is 507 g/mol. The van der Waals surface area contributed by atoms with E-state index in [0.717, 1.165) is 19.6 Å². The third-order valence-electron chi connectivity index (χ3n) is 6.97. The molecular weight excluding hydrogens is 440 g/mol. The van der Waals surface area contributed by atoms with Crippen molar-refractivity contribution in [1.29, 1.82) is 0 Å². The first kappa shape index (κ1) is 35.4. The molecule has 0 rings (SSSR count). The fourth-order valence-electron chi connectivity index (χ4n) is 4.50. The molecule has 0 fully saturated rings. The van der Waals surface area contributed by atoms with Gasteiger partial charge in [0.15, 0.2) is 6.29 Å². The van der Waals surface area contributed by atoms with Crippen LogP contribution in [-0.4, -0.2) is 19.5 Å². The third kappa shape index (κ3) is 29.6. The first-order valence-electron chi connectivity index (χ1n) is 16.4. The van der Waals surface area contributed by atoms with Gasteiger partial charge in [0.2, 0.25) is 0 Å². The van der Waals surface area contributed by atoms with Gasteiger partial charge >= 0.3 is 0 Å². The number of ether oxygens (including phenoxy) is 2. The Balaban J connectivity index is 3.92. The standard InChI is InChI=1S/C34H66O2/c1-4-7-10-13-16-17-18-19-20-21-22-25-28-31-34(35-32-29-26-23-14-11-8-5-2)36-33-30-27-24-15-12-9-6-3/h13,16,19-20,34H,4-12,14-15,17-18,21-33H2,1-3H3/b16-13-,20-19-. The largest absolute Gasteiger partial charge is 0.353 e. The zero-order chi connectivity index (χ0) is 26.2. The summed E-state index contributed by atoms with van der Waals surface area (Å²) in [6.07, 6.45) is 40.4. The highest BCUT2D eigenvalue weighted by Gasteiger charge is 2.09. The lowest BCUT2D eigenvalue weighted by Crippen LogP contribution is -2.19. The first-order valence-corrected chi connectivity index (χ1v) is 16.4. The summed E-state index contributed by atoms with van der Waals surface area (Å²) in [5.74, 6) is 0. The second-order valence-electron chi connectivity index (χ2n) is 10.7. The highest BCUT2D eigenvalue weighted by atomic mass is 16.7. The van der Waals surface area contributed by atoms with Crippen LogP contribution in [0.4, 0.5) is 0 Å². The van der Waals surface area contributed by atoms with Crippen molar-refractivity contribution >= 4 is 0 Å². The minimum atomic E-state index is 0.0141. The van der Waals surface area contributed by atoms with Crippen molar-refractivity contribution in [3.63, 3.8) is 0 Å². The lowest BCUT2D eigenvalue weighted by atomic mass is 10.1. The average molecular weight is 507 g/mol. The summed E-state index contributed by atoms with van der Waals surface area (Å²) >= 11 is 0. The molecule has 0 aliphatic carbocycles. The van der Waals surface area contributed by atoms with Crippen LogP contribution in [0.2, 0.25) is 0 Å². The van der Waals surface area contributed by atoms with Crippen molar-refractivity contribution in [3.05, 3.63) is 24.3 Å². The molecule has 2 nitrogen and oxygen atoms in total. The third-order valence-corrected chi connectivity index (χ3v) is 6.97. The van der Waals surface area contributed by atoms with Crippen LogP contribution < -0.4 is 0 Å². The molecule has 0 aromatic rings. The molecule has 2 heteroatoms. The predicted molar refractivity (Wildman–Crippen MR) is 162 cm³/mol. The zero-order valence-corrected chi connectivity index (χ0v) is 25.1. The molecule has 0 aliphatic rings. The molecule has 0 bridgehead atoms. The second-order valence-corrected chi connectivity index (χ2v) is 10.7. The topological polar surface area (TPSA) is 18.5 Å². The Morgan fingerprint density at radius 1 is 0.389 bits per heavy atom. The van der Waals surface area contributed by atoms with Crippen LogP contribution in [0.25, 0.3) is 0 Å². The van der Waals surface area contributed by atoms with Crippen molar-refractivity contribution in [2.75, 3.05) is 13.2 Å². The Hall–Kier alpha value is -0.600. The van der Waals surface area contributed by atoms with Gasteiger partial charge in [-0.05, 0) is 57.8 Å². The smallest absolute Gasteiger partial charge is 0.157 e. The van der Waals surface area contributed by atoms with Gasteiger partial charge in [0, 0.05) is 13.2 Å². The molecule has 36 heavy (non-hydrogen) atoms. The Morgan fingerprint density at radius 3 is 1.28 bits per heavy atom. The van der Waals surface area contributed by atoms with Crippen LogP contribution in [-0.2, 0) is 9.47 Å². The first-order chi connectivity index (χ1) is 17.8. The summed E-state index contributed by atoms with van der Waals surface area (Å²) in [6.45, 7) is 8.56. The van der Waals surface area contributed by atoms with Gasteiger partial charge in [0.25, 0.3) is 0 Å². The summed E-state index contributed by atoms with van der Waals surface area (Å²) in [7, 11) is 0. The highest BCUT2D eigenvalue weighted by molar-refractivity contribution is 4.88. The minimum absolute atomic E-state index is 0.0141. The van der Waals surface area contributed by atoms with Gasteiger partial charge in [-0.25, -0.2) is 0 Å². The summed E-state index contributed by atoms with van der Waals surface area (Å²) in [5.41, 5.74) is 0. The van der Waals surface area contributed by atoms with Crippen LogP contribution in [0.5, 0.6) is 0 Å². The van der Waals surface area contributed by atoms with Gasteiger partial charge in [-0.3, -0.25) is 0 Å². The molecule has 214 valence electrons. The highest BCUT2D eigenvalue weighted by Crippen LogP contribution is 2.14. The molecule has 0 radical (unpaired) electrons. The molecule has 0 aromatic heterocycles. The van der Waals surface area contributed by atoms with E-state index >= 15 is 0 Å². The van der Waals surface area contributed by atoms with E-state index in [-0.39, 0.29) is 6.29 Å². The molecule has 0 spiro atoms. The van der Waals surface area contributed by atoms with Crippen LogP contribution in [0, 0.1) is 0 Å². The Kier molecular flexibility index (Phi) is 31.9. The number of unbranched alkanes of at least 4 members (excludes halogenated alkanes) is 18. The maximum atomic E-state index is 6.19. The predicted octanol–water partition coefficient (Wildman–Crippen LogP) is 11.9. The van der Waals surface area contributed by atoms with E-state index in [0.29, 0.717) is 0 Å². The molecule has 0 N–H and O–H groups in total. The van der Waals surface area contributed by atoms with Crippen molar-refractivity contribution in [3.8, 4) is 0 Å². The summed E-state index contributed by atoms with van der Waals surface area (Å²) in [5, 5.41) is 0. The molecule has 0 atom stereocenters. The van der Waals surface area contributed by atoms with Gasteiger partial charge < -0.3 is 9.47 Å². The van der Waals surface area contributed by atoms with Crippen LogP contribution >= 0.6 is 0 Å². The van der Waals surface area contributed by atoms with E-state index in [1.54, 1.807) is 0 Å². The molecule has 0 unspecified atom stereocenters. The average Bonchev–Trinajstić information content (AvgIpc) is 2.89. The summed E-state index contributed by atoms with van der Waals surface area (Å²) < 4.78 is 12.4. The van der Waals surface area contributed by atoms with Crippen molar-refractivity contribution in [2.45, 2.75) is 181 Å². The van der Waals surface area contributed by atoms with E-state index in [9.17, 15) is 0 Å². The Bertz CT molecular complexity index is 422. The zero-order valence-electron chi connectivity index (χ0n) is 25.1. The maximum absolute atomic E-state index is 6.19. The molecule has 0 amide bonds. The number of rotatable bonds is 30. The van der Waals surface area contributed by atoms with Crippen molar-refractivity contribution < 1.29 is 9.47 Å². The van der Waals surface area contributed by atoms with Crippen LogP contribution in [0.1, 0.15) is 175 Å². The molecule has 0 aromatic carbocycles. The Morgan fingerprint density at radius 2 is 0.778 bits per heavy atom. The lowest BCUT2D eigenvalue weighted by molar-refractivity contribution is -0.148.